The van der Waals surface area contributed by atoms with Gasteiger partial charge in [-0.1, -0.05) is 211 Å². The maximum Gasteiger partial charge on any atom is 0.306 e. The minimum Gasteiger partial charge on any atom is -0.462 e. The van der Waals surface area contributed by atoms with Crippen molar-refractivity contribution >= 4 is 11.9 Å². The Labute approximate surface area is 361 Å². The molecule has 0 fully saturated rings. The summed E-state index contributed by atoms with van der Waals surface area (Å²) in [5.41, 5.74) is 0. The van der Waals surface area contributed by atoms with Crippen LogP contribution in [0.1, 0.15) is 252 Å². The number of allylic oxidation sites excluding steroid dienone is 8. The first-order valence-electron chi connectivity index (χ1n) is 25.2. The minimum absolute atomic E-state index is 0.0766. The summed E-state index contributed by atoms with van der Waals surface area (Å²) in [6.45, 7) is 7.70. The van der Waals surface area contributed by atoms with Gasteiger partial charge in [0.25, 0.3) is 0 Å². The van der Waals surface area contributed by atoms with Gasteiger partial charge in [-0.05, 0) is 77.0 Å². The molecule has 0 saturated carbocycles. The monoisotopic (exact) mass is 813 g/mol. The summed E-state index contributed by atoms with van der Waals surface area (Å²) in [6, 6.07) is 0. The number of esters is 2. The molecule has 0 N–H and O–H groups in total. The molecule has 0 saturated heterocycles. The Balaban J connectivity index is 4.26. The molecule has 0 amide bonds. The average molecular weight is 813 g/mol. The SMILES string of the molecule is CC/C=C\C/C=C\C/C=C\CCCCCCCC(=O)OCC(COCCCCCCCC/C=C\CCCCCCCC)OC(=O)CCCCCCCCCCCCC. The van der Waals surface area contributed by atoms with Crippen molar-refractivity contribution in [3.05, 3.63) is 48.6 Å². The molecular formula is C53H96O5. The molecule has 5 heteroatoms. The lowest BCUT2D eigenvalue weighted by Crippen LogP contribution is -2.30. The van der Waals surface area contributed by atoms with E-state index in [0.29, 0.717) is 19.4 Å². The van der Waals surface area contributed by atoms with Crippen LogP contribution in [0.15, 0.2) is 48.6 Å². The van der Waals surface area contributed by atoms with Gasteiger partial charge < -0.3 is 14.2 Å². The quantitative estimate of drug-likeness (QED) is 0.0348. The third kappa shape index (κ3) is 46.5. The first kappa shape index (κ1) is 55.9. The summed E-state index contributed by atoms with van der Waals surface area (Å²) in [5.74, 6) is -0.412. The highest BCUT2D eigenvalue weighted by Gasteiger charge is 2.17. The van der Waals surface area contributed by atoms with Crippen molar-refractivity contribution in [1.29, 1.82) is 0 Å². The summed E-state index contributed by atoms with van der Waals surface area (Å²) in [4.78, 5) is 25.3. The third-order valence-electron chi connectivity index (χ3n) is 10.8. The summed E-state index contributed by atoms with van der Waals surface area (Å²) >= 11 is 0. The molecule has 0 aliphatic rings. The molecule has 0 spiro atoms. The van der Waals surface area contributed by atoms with Gasteiger partial charge in [-0.2, -0.15) is 0 Å². The minimum atomic E-state index is -0.542. The van der Waals surface area contributed by atoms with Crippen LogP contribution in [0.3, 0.4) is 0 Å². The van der Waals surface area contributed by atoms with Crippen molar-refractivity contribution in [3.63, 3.8) is 0 Å². The average Bonchev–Trinajstić information content (AvgIpc) is 3.22. The van der Waals surface area contributed by atoms with Crippen molar-refractivity contribution in [2.24, 2.45) is 0 Å². The van der Waals surface area contributed by atoms with Crippen molar-refractivity contribution in [2.45, 2.75) is 258 Å². The van der Waals surface area contributed by atoms with Crippen LogP contribution in [0.2, 0.25) is 0 Å². The number of hydrogen-bond donors (Lipinski definition) is 0. The predicted molar refractivity (Wildman–Crippen MR) is 251 cm³/mol. The van der Waals surface area contributed by atoms with Gasteiger partial charge in [0.2, 0.25) is 0 Å². The van der Waals surface area contributed by atoms with Gasteiger partial charge in [-0.3, -0.25) is 9.59 Å². The molecule has 58 heavy (non-hydrogen) atoms. The topological polar surface area (TPSA) is 61.8 Å². The van der Waals surface area contributed by atoms with E-state index < -0.39 is 6.10 Å². The molecule has 0 heterocycles. The largest absolute Gasteiger partial charge is 0.462 e. The maximum atomic E-state index is 12.7. The van der Waals surface area contributed by atoms with E-state index in [0.717, 1.165) is 70.6 Å². The Morgan fingerprint density at radius 3 is 1.26 bits per heavy atom. The van der Waals surface area contributed by atoms with Crippen molar-refractivity contribution in [3.8, 4) is 0 Å². The molecule has 0 aliphatic heterocycles. The molecule has 0 aromatic carbocycles. The summed E-state index contributed by atoms with van der Waals surface area (Å²) in [6.07, 6.45) is 59.7. The van der Waals surface area contributed by atoms with Crippen molar-refractivity contribution < 1.29 is 23.8 Å². The van der Waals surface area contributed by atoms with Gasteiger partial charge in [-0.25, -0.2) is 0 Å². The van der Waals surface area contributed by atoms with E-state index in [1.54, 1.807) is 0 Å². The van der Waals surface area contributed by atoms with Gasteiger partial charge in [0.1, 0.15) is 6.61 Å². The molecule has 0 rings (SSSR count). The second-order valence-electron chi connectivity index (χ2n) is 16.7. The van der Waals surface area contributed by atoms with E-state index in [4.69, 9.17) is 14.2 Å². The van der Waals surface area contributed by atoms with Crippen LogP contribution in [0.4, 0.5) is 0 Å². The van der Waals surface area contributed by atoms with E-state index in [9.17, 15) is 9.59 Å². The zero-order valence-electron chi connectivity index (χ0n) is 38.8. The van der Waals surface area contributed by atoms with Crippen molar-refractivity contribution in [2.75, 3.05) is 19.8 Å². The number of carbonyl (C=O) groups excluding carboxylic acids is 2. The lowest BCUT2D eigenvalue weighted by atomic mass is 10.1. The Morgan fingerprint density at radius 1 is 0.397 bits per heavy atom. The number of hydrogen-bond acceptors (Lipinski definition) is 5. The molecule has 1 unspecified atom stereocenters. The zero-order chi connectivity index (χ0) is 42.1. The van der Waals surface area contributed by atoms with Gasteiger partial charge in [0, 0.05) is 19.4 Å². The fourth-order valence-corrected chi connectivity index (χ4v) is 7.11. The Morgan fingerprint density at radius 2 is 0.776 bits per heavy atom. The van der Waals surface area contributed by atoms with Gasteiger partial charge in [0.05, 0.1) is 6.61 Å². The van der Waals surface area contributed by atoms with Gasteiger partial charge in [-0.15, -0.1) is 0 Å². The second kappa shape index (κ2) is 49.2. The fourth-order valence-electron chi connectivity index (χ4n) is 7.11. The normalized spacial score (nSPS) is 12.5. The number of carbonyl (C=O) groups is 2. The lowest BCUT2D eigenvalue weighted by Gasteiger charge is -2.18. The van der Waals surface area contributed by atoms with Crippen LogP contribution in [-0.4, -0.2) is 37.9 Å². The lowest BCUT2D eigenvalue weighted by molar-refractivity contribution is -0.163. The number of rotatable bonds is 46. The predicted octanol–water partition coefficient (Wildman–Crippen LogP) is 16.8. The third-order valence-corrected chi connectivity index (χ3v) is 10.8. The van der Waals surface area contributed by atoms with Crippen LogP contribution in [0.5, 0.6) is 0 Å². The van der Waals surface area contributed by atoms with E-state index in [2.05, 4.69) is 69.4 Å². The molecular weight excluding hydrogens is 717 g/mol. The summed E-state index contributed by atoms with van der Waals surface area (Å²) in [5, 5.41) is 0. The van der Waals surface area contributed by atoms with Crippen molar-refractivity contribution in [1.82, 2.24) is 0 Å². The van der Waals surface area contributed by atoms with Crippen LogP contribution < -0.4 is 0 Å². The van der Waals surface area contributed by atoms with Crippen LogP contribution in [0, 0.1) is 0 Å². The van der Waals surface area contributed by atoms with Crippen LogP contribution in [0.25, 0.3) is 0 Å². The Hall–Kier alpha value is -2.14. The first-order valence-corrected chi connectivity index (χ1v) is 25.2. The zero-order valence-corrected chi connectivity index (χ0v) is 38.8. The summed E-state index contributed by atoms with van der Waals surface area (Å²) < 4.78 is 17.4. The highest BCUT2D eigenvalue weighted by atomic mass is 16.6. The number of unbranched alkanes of at least 4 members (excludes halogenated alkanes) is 27. The smallest absolute Gasteiger partial charge is 0.306 e. The molecule has 5 nitrogen and oxygen atoms in total. The van der Waals surface area contributed by atoms with E-state index in [1.807, 2.05) is 0 Å². The van der Waals surface area contributed by atoms with E-state index in [1.165, 1.54) is 148 Å². The molecule has 338 valence electrons. The molecule has 0 aliphatic carbocycles. The van der Waals surface area contributed by atoms with Gasteiger partial charge in [0.15, 0.2) is 6.10 Å². The van der Waals surface area contributed by atoms with E-state index >= 15 is 0 Å². The molecule has 0 aromatic rings. The maximum absolute atomic E-state index is 12.7. The molecule has 0 bridgehead atoms. The highest BCUT2D eigenvalue weighted by molar-refractivity contribution is 5.70. The molecule has 0 aromatic heterocycles. The summed E-state index contributed by atoms with van der Waals surface area (Å²) in [7, 11) is 0. The Kier molecular flexibility index (Phi) is 47.4. The highest BCUT2D eigenvalue weighted by Crippen LogP contribution is 2.14. The van der Waals surface area contributed by atoms with Crippen LogP contribution >= 0.6 is 0 Å². The van der Waals surface area contributed by atoms with Gasteiger partial charge >= 0.3 is 11.9 Å². The fraction of sp³-hybridized carbons (Fsp3) is 0.811. The van der Waals surface area contributed by atoms with E-state index in [-0.39, 0.29) is 25.2 Å². The second-order valence-corrected chi connectivity index (χ2v) is 16.7. The molecule has 1 atom stereocenters. The standard InChI is InChI=1S/C53H96O5/c1-4-7-10-13-16-19-22-24-26-28-30-33-36-39-42-45-48-56-49-51(58-53(55)47-44-41-38-35-31-21-18-15-12-9-6-3)50-57-52(54)46-43-40-37-34-32-29-27-25-23-20-17-14-11-8-5-2/h8,11,17,20,24-27,51H,4-7,9-10,12-16,18-19,21-23,28-50H2,1-3H3/b11-8-,20-17-,26-24-,27-25-. The molecule has 0 radical (unpaired) electrons. The van der Waals surface area contributed by atoms with Crippen LogP contribution in [-0.2, 0) is 23.8 Å². The number of ether oxygens (including phenoxy) is 3. The first-order chi connectivity index (χ1) is 28.6. The Bertz CT molecular complexity index is 966.